The van der Waals surface area contributed by atoms with Crippen LogP contribution in [0.1, 0.15) is 16.1 Å². The highest BCUT2D eigenvalue weighted by Crippen LogP contribution is 2.13. The van der Waals surface area contributed by atoms with E-state index >= 15 is 0 Å². The molecule has 1 aromatic heterocycles. The molecule has 2 rings (SSSR count). The molecule has 17 heavy (non-hydrogen) atoms. The van der Waals surface area contributed by atoms with Crippen LogP contribution in [0.25, 0.3) is 0 Å². The molecule has 2 aromatic rings. The number of carbonyl (C=O) groups is 1. The fraction of sp³-hybridized carbons (Fsp3) is 0.0909. The molecule has 0 aliphatic rings. The second-order valence-corrected chi connectivity index (χ2v) is 4.19. The maximum absolute atomic E-state index is 13.5. The average molecular weight is 251 g/mol. The molecule has 0 bridgehead atoms. The van der Waals surface area contributed by atoms with Gasteiger partial charge in [-0.2, -0.15) is 5.10 Å². The quantitative estimate of drug-likeness (QED) is 0.797. The molecule has 2 N–H and O–H groups in total. The van der Waals surface area contributed by atoms with Gasteiger partial charge in [-0.3, -0.25) is 9.89 Å². The van der Waals surface area contributed by atoms with Gasteiger partial charge in [0.1, 0.15) is 5.82 Å². The molecule has 1 heterocycles. The first-order valence-electron chi connectivity index (χ1n) is 4.95. The summed E-state index contributed by atoms with van der Waals surface area (Å²) >= 11 is 0. The number of H-pyrrole nitrogens is 1. The standard InChI is InChI=1S/C11H11FN3OP/c1-6-8(5-13-15-6)14-11(16)10-7(12)3-2-4-9(10)17/h2-5H,17H2,1H3,(H,13,15)(H,14,16). The third-order valence-corrected chi connectivity index (χ3v) is 2.83. The van der Waals surface area contributed by atoms with Crippen LogP contribution < -0.4 is 10.6 Å². The van der Waals surface area contributed by atoms with Crippen molar-refractivity contribution in [2.75, 3.05) is 5.32 Å². The molecule has 0 fully saturated rings. The molecule has 4 nitrogen and oxygen atoms in total. The first kappa shape index (κ1) is 11.7. The van der Waals surface area contributed by atoms with Crippen molar-refractivity contribution in [2.24, 2.45) is 0 Å². The van der Waals surface area contributed by atoms with Gasteiger partial charge >= 0.3 is 0 Å². The van der Waals surface area contributed by atoms with E-state index in [9.17, 15) is 9.18 Å². The summed E-state index contributed by atoms with van der Waals surface area (Å²) in [5, 5.41) is 9.59. The summed E-state index contributed by atoms with van der Waals surface area (Å²) in [6.45, 7) is 1.77. The van der Waals surface area contributed by atoms with Gasteiger partial charge in [0, 0.05) is 0 Å². The monoisotopic (exact) mass is 251 g/mol. The minimum absolute atomic E-state index is 0.0260. The summed E-state index contributed by atoms with van der Waals surface area (Å²) in [5.74, 6) is -1.03. The summed E-state index contributed by atoms with van der Waals surface area (Å²) in [4.78, 5) is 11.9. The number of hydrogen-bond acceptors (Lipinski definition) is 2. The number of aryl methyl sites for hydroxylation is 1. The zero-order valence-electron chi connectivity index (χ0n) is 9.12. The van der Waals surface area contributed by atoms with Crippen LogP contribution in [0.2, 0.25) is 0 Å². The highest BCUT2D eigenvalue weighted by molar-refractivity contribution is 7.27. The van der Waals surface area contributed by atoms with Crippen LogP contribution in [0.3, 0.4) is 0 Å². The van der Waals surface area contributed by atoms with E-state index in [2.05, 4.69) is 24.8 Å². The van der Waals surface area contributed by atoms with Crippen LogP contribution in [0, 0.1) is 12.7 Å². The number of halogens is 1. The van der Waals surface area contributed by atoms with Crippen LogP contribution >= 0.6 is 9.24 Å². The predicted molar refractivity (Wildman–Crippen MR) is 67.0 cm³/mol. The summed E-state index contributed by atoms with van der Waals surface area (Å²) in [7, 11) is 2.34. The average Bonchev–Trinajstić information content (AvgIpc) is 2.64. The minimum atomic E-state index is -0.545. The Morgan fingerprint density at radius 2 is 2.29 bits per heavy atom. The lowest BCUT2D eigenvalue weighted by Crippen LogP contribution is -2.20. The largest absolute Gasteiger partial charge is 0.319 e. The molecule has 0 aliphatic heterocycles. The highest BCUT2D eigenvalue weighted by atomic mass is 31.0. The van der Waals surface area contributed by atoms with Crippen molar-refractivity contribution >= 4 is 26.1 Å². The van der Waals surface area contributed by atoms with E-state index < -0.39 is 11.7 Å². The minimum Gasteiger partial charge on any atom is -0.319 e. The Bertz CT molecular complexity index is 547. The third kappa shape index (κ3) is 2.34. The zero-order chi connectivity index (χ0) is 12.4. The van der Waals surface area contributed by atoms with Crippen molar-refractivity contribution in [3.05, 3.63) is 41.5 Å². The molecule has 1 amide bonds. The normalized spacial score (nSPS) is 10.3. The molecule has 0 spiro atoms. The van der Waals surface area contributed by atoms with Gasteiger partial charge in [0.25, 0.3) is 5.91 Å². The molecular weight excluding hydrogens is 240 g/mol. The number of hydrogen-bond donors (Lipinski definition) is 2. The Balaban J connectivity index is 2.30. The number of nitrogens with one attached hydrogen (secondary N) is 2. The molecule has 1 unspecified atom stereocenters. The Morgan fingerprint density at radius 3 is 2.88 bits per heavy atom. The lowest BCUT2D eigenvalue weighted by atomic mass is 10.2. The maximum atomic E-state index is 13.5. The van der Waals surface area contributed by atoms with Gasteiger partial charge in [0.05, 0.1) is 23.1 Å². The fourth-order valence-electron chi connectivity index (χ4n) is 1.44. The van der Waals surface area contributed by atoms with Crippen LogP contribution in [0.15, 0.2) is 24.4 Å². The number of anilines is 1. The number of aromatic nitrogens is 2. The van der Waals surface area contributed by atoms with Crippen molar-refractivity contribution < 1.29 is 9.18 Å². The van der Waals surface area contributed by atoms with E-state index in [0.717, 1.165) is 5.69 Å². The van der Waals surface area contributed by atoms with Gasteiger partial charge in [0.15, 0.2) is 0 Å². The first-order chi connectivity index (χ1) is 8.09. The van der Waals surface area contributed by atoms with Gasteiger partial charge in [-0.05, 0) is 18.3 Å². The van der Waals surface area contributed by atoms with Gasteiger partial charge < -0.3 is 5.32 Å². The number of rotatable bonds is 2. The molecule has 88 valence electrons. The topological polar surface area (TPSA) is 57.8 Å². The molecule has 0 saturated carbocycles. The summed E-state index contributed by atoms with van der Waals surface area (Å²) < 4.78 is 13.5. The lowest BCUT2D eigenvalue weighted by Gasteiger charge is -2.07. The molecule has 1 atom stereocenters. The van der Waals surface area contributed by atoms with Crippen molar-refractivity contribution in [2.45, 2.75) is 6.92 Å². The smallest absolute Gasteiger partial charge is 0.259 e. The summed E-state index contributed by atoms with van der Waals surface area (Å²) in [6, 6.07) is 4.47. The SMILES string of the molecule is Cc1[nH]ncc1NC(=O)c1c(F)cccc1P. The van der Waals surface area contributed by atoms with Crippen molar-refractivity contribution in [1.29, 1.82) is 0 Å². The molecule has 1 aromatic carbocycles. The Morgan fingerprint density at radius 1 is 1.53 bits per heavy atom. The number of nitrogens with zero attached hydrogens (tertiary/aromatic N) is 1. The Kier molecular flexibility index (Phi) is 3.20. The van der Waals surface area contributed by atoms with E-state index in [1.807, 2.05) is 0 Å². The number of amides is 1. The van der Waals surface area contributed by atoms with Crippen LogP contribution in [-0.2, 0) is 0 Å². The molecule has 6 heteroatoms. The van der Waals surface area contributed by atoms with Gasteiger partial charge in [0.2, 0.25) is 0 Å². The third-order valence-electron chi connectivity index (χ3n) is 2.35. The summed E-state index contributed by atoms with van der Waals surface area (Å²) in [6.07, 6.45) is 1.48. The van der Waals surface area contributed by atoms with Crippen molar-refractivity contribution in [3.63, 3.8) is 0 Å². The molecule has 0 aliphatic carbocycles. The van der Waals surface area contributed by atoms with Crippen molar-refractivity contribution in [3.8, 4) is 0 Å². The predicted octanol–water partition coefficient (Wildman–Crippen LogP) is 1.61. The van der Waals surface area contributed by atoms with E-state index in [1.54, 1.807) is 19.1 Å². The van der Waals surface area contributed by atoms with Gasteiger partial charge in [-0.25, -0.2) is 4.39 Å². The molecule has 0 saturated heterocycles. The zero-order valence-corrected chi connectivity index (χ0v) is 10.3. The number of aromatic amines is 1. The van der Waals surface area contributed by atoms with E-state index in [1.165, 1.54) is 12.3 Å². The van der Waals surface area contributed by atoms with E-state index in [-0.39, 0.29) is 5.56 Å². The van der Waals surface area contributed by atoms with Gasteiger partial charge in [-0.1, -0.05) is 12.1 Å². The van der Waals surface area contributed by atoms with Gasteiger partial charge in [-0.15, -0.1) is 9.24 Å². The lowest BCUT2D eigenvalue weighted by molar-refractivity contribution is 0.102. The fourth-order valence-corrected chi connectivity index (χ4v) is 1.82. The molecular formula is C11H11FN3OP. The maximum Gasteiger partial charge on any atom is 0.259 e. The first-order valence-corrected chi connectivity index (χ1v) is 5.52. The van der Waals surface area contributed by atoms with E-state index in [4.69, 9.17) is 0 Å². The van der Waals surface area contributed by atoms with Crippen LogP contribution in [-0.4, -0.2) is 16.1 Å². The summed E-state index contributed by atoms with van der Waals surface area (Å²) in [5.41, 5.74) is 1.29. The number of benzene rings is 1. The molecule has 0 radical (unpaired) electrons. The Labute approximate surface area is 99.8 Å². The second kappa shape index (κ2) is 4.63. The second-order valence-electron chi connectivity index (χ2n) is 3.57. The highest BCUT2D eigenvalue weighted by Gasteiger charge is 2.15. The van der Waals surface area contributed by atoms with Crippen LogP contribution in [0.5, 0.6) is 0 Å². The van der Waals surface area contributed by atoms with Crippen molar-refractivity contribution in [1.82, 2.24) is 10.2 Å². The Hall–Kier alpha value is -1.74. The van der Waals surface area contributed by atoms with Crippen LogP contribution in [0.4, 0.5) is 10.1 Å². The van der Waals surface area contributed by atoms with E-state index in [0.29, 0.717) is 11.0 Å². The number of carbonyl (C=O) groups excluding carboxylic acids is 1.